The van der Waals surface area contributed by atoms with Gasteiger partial charge in [-0.1, -0.05) is 12.1 Å². The lowest BCUT2D eigenvalue weighted by Gasteiger charge is -2.33. The van der Waals surface area contributed by atoms with E-state index in [2.05, 4.69) is 39.4 Å². The number of rotatable bonds is 2. The van der Waals surface area contributed by atoms with Crippen LogP contribution in [0.5, 0.6) is 0 Å². The van der Waals surface area contributed by atoms with Crippen LogP contribution in [0.2, 0.25) is 0 Å². The van der Waals surface area contributed by atoms with Gasteiger partial charge in [0.1, 0.15) is 5.82 Å². The van der Waals surface area contributed by atoms with Crippen LogP contribution in [-0.2, 0) is 0 Å². The molecule has 0 amide bonds. The zero-order valence-electron chi connectivity index (χ0n) is 13.1. The van der Waals surface area contributed by atoms with E-state index in [1.807, 2.05) is 6.20 Å². The van der Waals surface area contributed by atoms with Crippen LogP contribution in [-0.4, -0.2) is 44.3 Å². The average molecular weight is 296 g/mol. The summed E-state index contributed by atoms with van der Waals surface area (Å²) in [4.78, 5) is 9.75. The molecule has 1 aromatic heterocycles. The number of pyridine rings is 1. The Morgan fingerprint density at radius 1 is 0.864 bits per heavy atom. The number of anilines is 2. The summed E-state index contributed by atoms with van der Waals surface area (Å²) in [6.07, 6.45) is 5.93. The number of aromatic nitrogens is 1. The standard InChI is InChI=1S/C18H24N4/c1-2-11-21(12-3-1)16-6-4-5-15-7-8-20-18(17(15)16)22-13-9-19-10-14-22/h4-8,19H,1-3,9-14H2. The Kier molecular flexibility index (Phi) is 3.85. The van der Waals surface area contributed by atoms with E-state index in [1.165, 1.54) is 54.6 Å². The van der Waals surface area contributed by atoms with E-state index < -0.39 is 0 Å². The Bertz CT molecular complexity index is 590. The summed E-state index contributed by atoms with van der Waals surface area (Å²) in [6, 6.07) is 8.83. The highest BCUT2D eigenvalue weighted by Crippen LogP contribution is 2.35. The van der Waals surface area contributed by atoms with Crippen molar-refractivity contribution in [2.24, 2.45) is 0 Å². The minimum atomic E-state index is 1.04. The van der Waals surface area contributed by atoms with Crippen molar-refractivity contribution < 1.29 is 0 Å². The molecule has 2 aromatic rings. The van der Waals surface area contributed by atoms with E-state index in [0.717, 1.165) is 26.2 Å². The molecular formula is C18H24N4. The van der Waals surface area contributed by atoms with Crippen LogP contribution in [0.3, 0.4) is 0 Å². The first-order valence-electron chi connectivity index (χ1n) is 8.52. The van der Waals surface area contributed by atoms with Crippen molar-refractivity contribution in [3.05, 3.63) is 30.5 Å². The van der Waals surface area contributed by atoms with Gasteiger partial charge in [-0.3, -0.25) is 0 Å². The molecule has 2 fully saturated rings. The summed E-state index contributed by atoms with van der Waals surface area (Å²) in [5.41, 5.74) is 1.37. The minimum Gasteiger partial charge on any atom is -0.371 e. The second-order valence-electron chi connectivity index (χ2n) is 6.29. The zero-order chi connectivity index (χ0) is 14.8. The number of hydrogen-bond donors (Lipinski definition) is 1. The second kappa shape index (κ2) is 6.13. The van der Waals surface area contributed by atoms with Crippen molar-refractivity contribution in [3.63, 3.8) is 0 Å². The summed E-state index contributed by atoms with van der Waals surface area (Å²) >= 11 is 0. The van der Waals surface area contributed by atoms with E-state index >= 15 is 0 Å². The first kappa shape index (κ1) is 13.8. The fourth-order valence-corrected chi connectivity index (χ4v) is 3.71. The number of nitrogens with one attached hydrogen (secondary N) is 1. The molecule has 4 nitrogen and oxygen atoms in total. The van der Waals surface area contributed by atoms with Gasteiger partial charge in [0, 0.05) is 56.5 Å². The van der Waals surface area contributed by atoms with Crippen LogP contribution >= 0.6 is 0 Å². The van der Waals surface area contributed by atoms with Crippen molar-refractivity contribution in [3.8, 4) is 0 Å². The third kappa shape index (κ3) is 2.52. The molecule has 0 atom stereocenters. The molecule has 1 N–H and O–H groups in total. The van der Waals surface area contributed by atoms with Crippen LogP contribution in [0.1, 0.15) is 19.3 Å². The largest absolute Gasteiger partial charge is 0.371 e. The van der Waals surface area contributed by atoms with E-state index in [1.54, 1.807) is 0 Å². The molecule has 22 heavy (non-hydrogen) atoms. The highest BCUT2D eigenvalue weighted by molar-refractivity contribution is 6.02. The van der Waals surface area contributed by atoms with E-state index in [-0.39, 0.29) is 0 Å². The third-order valence-electron chi connectivity index (χ3n) is 4.86. The minimum absolute atomic E-state index is 1.04. The summed E-state index contributed by atoms with van der Waals surface area (Å²) in [5, 5.41) is 6.08. The van der Waals surface area contributed by atoms with Crippen molar-refractivity contribution in [1.29, 1.82) is 0 Å². The predicted molar refractivity (Wildman–Crippen MR) is 92.9 cm³/mol. The molecule has 0 spiro atoms. The van der Waals surface area contributed by atoms with E-state index in [9.17, 15) is 0 Å². The predicted octanol–water partition coefficient (Wildman–Crippen LogP) is 2.63. The quantitative estimate of drug-likeness (QED) is 0.923. The number of piperazine rings is 1. The first-order chi connectivity index (χ1) is 10.9. The van der Waals surface area contributed by atoms with Crippen LogP contribution in [0.15, 0.2) is 30.5 Å². The first-order valence-corrected chi connectivity index (χ1v) is 8.52. The Labute approximate surface area is 132 Å². The maximum atomic E-state index is 4.76. The molecule has 116 valence electrons. The van der Waals surface area contributed by atoms with Crippen molar-refractivity contribution in [2.45, 2.75) is 19.3 Å². The Balaban J connectivity index is 1.82. The molecule has 0 unspecified atom stereocenters. The second-order valence-corrected chi connectivity index (χ2v) is 6.29. The molecule has 4 heteroatoms. The number of benzene rings is 1. The van der Waals surface area contributed by atoms with Gasteiger partial charge in [-0.15, -0.1) is 0 Å². The van der Waals surface area contributed by atoms with Gasteiger partial charge in [0.05, 0.1) is 0 Å². The summed E-state index contributed by atoms with van der Waals surface area (Å²) < 4.78 is 0. The Morgan fingerprint density at radius 2 is 1.68 bits per heavy atom. The third-order valence-corrected chi connectivity index (χ3v) is 4.86. The number of fused-ring (bicyclic) bond motifs is 1. The van der Waals surface area contributed by atoms with Gasteiger partial charge < -0.3 is 15.1 Å². The molecule has 0 aliphatic carbocycles. The smallest absolute Gasteiger partial charge is 0.138 e. The molecule has 4 rings (SSSR count). The SMILES string of the molecule is c1cc(N2CCCCC2)c2c(N3CCNCC3)nccc2c1. The summed E-state index contributed by atoms with van der Waals surface area (Å²) in [5.74, 6) is 1.17. The highest BCUT2D eigenvalue weighted by atomic mass is 15.2. The van der Waals surface area contributed by atoms with Gasteiger partial charge in [-0.25, -0.2) is 4.98 Å². The van der Waals surface area contributed by atoms with Crippen molar-refractivity contribution in [1.82, 2.24) is 10.3 Å². The maximum absolute atomic E-state index is 4.76. The fraction of sp³-hybridized carbons (Fsp3) is 0.500. The van der Waals surface area contributed by atoms with E-state index in [4.69, 9.17) is 4.98 Å². The molecule has 0 bridgehead atoms. The molecule has 2 aliphatic heterocycles. The van der Waals surface area contributed by atoms with Gasteiger partial charge in [-0.05, 0) is 36.8 Å². The van der Waals surface area contributed by atoms with E-state index in [0.29, 0.717) is 0 Å². The van der Waals surface area contributed by atoms with Crippen LogP contribution < -0.4 is 15.1 Å². The Morgan fingerprint density at radius 3 is 2.50 bits per heavy atom. The van der Waals surface area contributed by atoms with Gasteiger partial charge in [0.15, 0.2) is 0 Å². The van der Waals surface area contributed by atoms with Gasteiger partial charge in [0.25, 0.3) is 0 Å². The average Bonchev–Trinajstić information content (AvgIpc) is 2.62. The fourth-order valence-electron chi connectivity index (χ4n) is 3.71. The number of piperidine rings is 1. The zero-order valence-corrected chi connectivity index (χ0v) is 13.1. The molecular weight excluding hydrogens is 272 g/mol. The molecule has 0 radical (unpaired) electrons. The van der Waals surface area contributed by atoms with Gasteiger partial charge in [-0.2, -0.15) is 0 Å². The summed E-state index contributed by atoms with van der Waals surface area (Å²) in [6.45, 7) is 6.53. The number of nitrogens with zero attached hydrogens (tertiary/aromatic N) is 3. The Hall–Kier alpha value is -1.81. The molecule has 2 saturated heterocycles. The molecule has 2 aliphatic rings. The van der Waals surface area contributed by atoms with Gasteiger partial charge in [0.2, 0.25) is 0 Å². The molecule has 1 aromatic carbocycles. The van der Waals surface area contributed by atoms with Crippen LogP contribution in [0, 0.1) is 0 Å². The summed E-state index contributed by atoms with van der Waals surface area (Å²) in [7, 11) is 0. The lowest BCUT2D eigenvalue weighted by Crippen LogP contribution is -2.44. The van der Waals surface area contributed by atoms with Crippen LogP contribution in [0.4, 0.5) is 11.5 Å². The normalized spacial score (nSPS) is 19.6. The van der Waals surface area contributed by atoms with Gasteiger partial charge >= 0.3 is 0 Å². The monoisotopic (exact) mass is 296 g/mol. The topological polar surface area (TPSA) is 31.4 Å². The van der Waals surface area contributed by atoms with Crippen LogP contribution in [0.25, 0.3) is 10.8 Å². The maximum Gasteiger partial charge on any atom is 0.138 e. The molecule has 0 saturated carbocycles. The highest BCUT2D eigenvalue weighted by Gasteiger charge is 2.20. The lowest BCUT2D eigenvalue weighted by molar-refractivity contribution is 0.577. The van der Waals surface area contributed by atoms with Crippen molar-refractivity contribution >= 4 is 22.3 Å². The number of hydrogen-bond acceptors (Lipinski definition) is 4. The molecule has 3 heterocycles. The van der Waals surface area contributed by atoms with Crippen molar-refractivity contribution in [2.75, 3.05) is 49.1 Å². The lowest BCUT2D eigenvalue weighted by atomic mass is 10.1.